The van der Waals surface area contributed by atoms with Gasteiger partial charge in [-0.25, -0.2) is 0 Å². The number of hydrogen-bond donors (Lipinski definition) is 3. The Bertz CT molecular complexity index is 522. The monoisotopic (exact) mass is 377 g/mol. The molecule has 2 amide bonds. The summed E-state index contributed by atoms with van der Waals surface area (Å²) >= 11 is 1.86. The Labute approximate surface area is 151 Å². The molecule has 136 valence electrons. The van der Waals surface area contributed by atoms with Crippen molar-refractivity contribution in [3.8, 4) is 0 Å². The predicted molar refractivity (Wildman–Crippen MR) is 96.7 cm³/mol. The van der Waals surface area contributed by atoms with Gasteiger partial charge in [-0.15, -0.1) is 12.4 Å². The zero-order chi connectivity index (χ0) is 16.5. The molecule has 10 heteroatoms. The highest BCUT2D eigenvalue weighted by Crippen LogP contribution is 2.12. The lowest BCUT2D eigenvalue weighted by Gasteiger charge is -2.22. The minimum absolute atomic E-state index is 0. The fraction of sp³-hybridized carbons (Fsp3) is 0.643. The van der Waals surface area contributed by atoms with Gasteiger partial charge in [0.2, 0.25) is 11.8 Å². The SMILES string of the molecule is COCCNC(=O)Cn1cc(NC(=O)CC2CSCCN2)cn1.Cl. The Morgan fingerprint density at radius 1 is 1.50 bits per heavy atom. The molecule has 1 aliphatic heterocycles. The van der Waals surface area contributed by atoms with E-state index in [2.05, 4.69) is 21.0 Å². The highest BCUT2D eigenvalue weighted by Gasteiger charge is 2.17. The molecule has 1 saturated heterocycles. The van der Waals surface area contributed by atoms with Crippen LogP contribution < -0.4 is 16.0 Å². The molecule has 0 aliphatic carbocycles. The lowest BCUT2D eigenvalue weighted by atomic mass is 10.2. The standard InChI is InChI=1S/C14H23N5O3S.ClH/c1-22-4-2-16-14(21)9-19-8-12(7-17-19)18-13(20)6-11-10-23-5-3-15-11;/h7-8,11,15H,2-6,9-10H2,1H3,(H,16,21)(H,18,20);1H. The lowest BCUT2D eigenvalue weighted by Crippen LogP contribution is -2.39. The quantitative estimate of drug-likeness (QED) is 0.556. The van der Waals surface area contributed by atoms with E-state index in [0.29, 0.717) is 25.3 Å². The third-order valence-corrected chi connectivity index (χ3v) is 4.41. The second kappa shape index (κ2) is 11.3. The largest absolute Gasteiger partial charge is 0.383 e. The summed E-state index contributed by atoms with van der Waals surface area (Å²) in [5.74, 6) is 1.85. The van der Waals surface area contributed by atoms with Crippen LogP contribution in [0.3, 0.4) is 0 Å². The molecule has 1 atom stereocenters. The predicted octanol–water partition coefficient (Wildman–Crippen LogP) is 0.101. The molecule has 1 fully saturated rings. The molecule has 0 radical (unpaired) electrons. The van der Waals surface area contributed by atoms with Gasteiger partial charge in [-0.2, -0.15) is 16.9 Å². The first-order valence-electron chi connectivity index (χ1n) is 7.56. The first-order chi connectivity index (χ1) is 11.2. The molecule has 1 aliphatic rings. The van der Waals surface area contributed by atoms with E-state index in [9.17, 15) is 9.59 Å². The Morgan fingerprint density at radius 3 is 3.04 bits per heavy atom. The minimum atomic E-state index is -0.147. The molecule has 0 saturated carbocycles. The highest BCUT2D eigenvalue weighted by molar-refractivity contribution is 7.99. The van der Waals surface area contributed by atoms with Gasteiger partial charge >= 0.3 is 0 Å². The van der Waals surface area contributed by atoms with Crippen LogP contribution in [-0.2, 0) is 20.9 Å². The number of hydrogen-bond acceptors (Lipinski definition) is 6. The van der Waals surface area contributed by atoms with E-state index in [-0.39, 0.29) is 36.8 Å². The van der Waals surface area contributed by atoms with Crippen LogP contribution in [0.4, 0.5) is 5.69 Å². The summed E-state index contributed by atoms with van der Waals surface area (Å²) in [5.41, 5.74) is 0.600. The number of carbonyl (C=O) groups is 2. The summed E-state index contributed by atoms with van der Waals surface area (Å²) in [6.45, 7) is 1.99. The summed E-state index contributed by atoms with van der Waals surface area (Å²) in [7, 11) is 1.58. The molecule has 3 N–H and O–H groups in total. The second-order valence-corrected chi connectivity index (χ2v) is 6.40. The summed E-state index contributed by atoms with van der Waals surface area (Å²) in [6, 6.07) is 0.218. The summed E-state index contributed by atoms with van der Waals surface area (Å²) < 4.78 is 6.35. The number of rotatable bonds is 8. The zero-order valence-electron chi connectivity index (χ0n) is 13.6. The number of methoxy groups -OCH3 is 1. The van der Waals surface area contributed by atoms with E-state index in [0.717, 1.165) is 18.1 Å². The molecule has 1 unspecified atom stereocenters. The molecule has 1 aromatic rings. The molecule has 2 heterocycles. The van der Waals surface area contributed by atoms with E-state index < -0.39 is 0 Å². The Balaban J connectivity index is 0.00000288. The number of anilines is 1. The van der Waals surface area contributed by atoms with Crippen molar-refractivity contribution in [2.24, 2.45) is 0 Å². The average Bonchev–Trinajstić information content (AvgIpc) is 2.95. The van der Waals surface area contributed by atoms with E-state index in [1.165, 1.54) is 4.68 Å². The molecule has 0 spiro atoms. The van der Waals surface area contributed by atoms with Crippen LogP contribution in [0.2, 0.25) is 0 Å². The van der Waals surface area contributed by atoms with Crippen molar-refractivity contribution < 1.29 is 14.3 Å². The van der Waals surface area contributed by atoms with Gasteiger partial charge in [-0.1, -0.05) is 0 Å². The van der Waals surface area contributed by atoms with Crippen molar-refractivity contribution in [2.75, 3.05) is 43.6 Å². The van der Waals surface area contributed by atoms with Crippen molar-refractivity contribution >= 4 is 41.7 Å². The maximum Gasteiger partial charge on any atom is 0.241 e. The second-order valence-electron chi connectivity index (χ2n) is 5.25. The maximum absolute atomic E-state index is 12.0. The van der Waals surface area contributed by atoms with Crippen LogP contribution in [0.25, 0.3) is 0 Å². The topological polar surface area (TPSA) is 97.3 Å². The fourth-order valence-corrected chi connectivity index (χ4v) is 3.15. The number of thioether (sulfide) groups is 1. The molecule has 0 bridgehead atoms. The minimum Gasteiger partial charge on any atom is -0.383 e. The van der Waals surface area contributed by atoms with Gasteiger partial charge in [-0.05, 0) is 0 Å². The Morgan fingerprint density at radius 2 is 2.33 bits per heavy atom. The van der Waals surface area contributed by atoms with Crippen LogP contribution in [-0.4, -0.2) is 65.9 Å². The third-order valence-electron chi connectivity index (χ3n) is 3.28. The highest BCUT2D eigenvalue weighted by atomic mass is 35.5. The number of ether oxygens (including phenoxy) is 1. The van der Waals surface area contributed by atoms with Gasteiger partial charge in [0.15, 0.2) is 0 Å². The molecule has 0 aromatic carbocycles. The number of carbonyl (C=O) groups excluding carboxylic acids is 2. The molecule has 24 heavy (non-hydrogen) atoms. The normalized spacial score (nSPS) is 17.0. The third kappa shape index (κ3) is 7.52. The van der Waals surface area contributed by atoms with Crippen molar-refractivity contribution in [1.29, 1.82) is 0 Å². The van der Waals surface area contributed by atoms with Gasteiger partial charge in [0, 0.05) is 50.4 Å². The Hall–Kier alpha value is -1.29. The van der Waals surface area contributed by atoms with Gasteiger partial charge in [-0.3, -0.25) is 14.3 Å². The van der Waals surface area contributed by atoms with E-state index in [4.69, 9.17) is 4.74 Å². The molecular weight excluding hydrogens is 354 g/mol. The van der Waals surface area contributed by atoms with Crippen molar-refractivity contribution in [2.45, 2.75) is 19.0 Å². The maximum atomic E-state index is 12.0. The van der Waals surface area contributed by atoms with Crippen LogP contribution in [0.5, 0.6) is 0 Å². The van der Waals surface area contributed by atoms with Gasteiger partial charge in [0.25, 0.3) is 0 Å². The van der Waals surface area contributed by atoms with Crippen LogP contribution in [0.1, 0.15) is 6.42 Å². The van der Waals surface area contributed by atoms with E-state index in [1.54, 1.807) is 19.5 Å². The molecule has 2 rings (SSSR count). The van der Waals surface area contributed by atoms with Crippen LogP contribution in [0.15, 0.2) is 12.4 Å². The zero-order valence-corrected chi connectivity index (χ0v) is 15.3. The van der Waals surface area contributed by atoms with E-state index >= 15 is 0 Å². The molecule has 8 nitrogen and oxygen atoms in total. The van der Waals surface area contributed by atoms with Crippen molar-refractivity contribution in [1.82, 2.24) is 20.4 Å². The number of aromatic nitrogens is 2. The lowest BCUT2D eigenvalue weighted by molar-refractivity contribution is -0.122. The fourth-order valence-electron chi connectivity index (χ4n) is 2.20. The average molecular weight is 378 g/mol. The number of nitrogens with one attached hydrogen (secondary N) is 3. The first kappa shape index (κ1) is 20.8. The van der Waals surface area contributed by atoms with Gasteiger partial charge in [0.05, 0.1) is 18.5 Å². The number of halogens is 1. The first-order valence-corrected chi connectivity index (χ1v) is 8.72. The van der Waals surface area contributed by atoms with Crippen LogP contribution >= 0.6 is 24.2 Å². The van der Waals surface area contributed by atoms with E-state index in [1.807, 2.05) is 11.8 Å². The van der Waals surface area contributed by atoms with Crippen LogP contribution in [0, 0.1) is 0 Å². The van der Waals surface area contributed by atoms with Crippen molar-refractivity contribution in [3.05, 3.63) is 12.4 Å². The summed E-state index contributed by atoms with van der Waals surface area (Å²) in [6.07, 6.45) is 3.63. The smallest absolute Gasteiger partial charge is 0.241 e. The number of nitrogens with zero attached hydrogens (tertiary/aromatic N) is 2. The Kier molecular flexibility index (Phi) is 9.77. The molecule has 1 aromatic heterocycles. The van der Waals surface area contributed by atoms with Gasteiger partial charge < -0.3 is 20.7 Å². The van der Waals surface area contributed by atoms with Crippen molar-refractivity contribution in [3.63, 3.8) is 0 Å². The molecular formula is C14H24ClN5O3S. The number of amides is 2. The summed E-state index contributed by atoms with van der Waals surface area (Å²) in [4.78, 5) is 23.7. The summed E-state index contributed by atoms with van der Waals surface area (Å²) in [5, 5.41) is 12.9. The van der Waals surface area contributed by atoms with Gasteiger partial charge in [0.1, 0.15) is 6.54 Å².